The average molecular weight is 376 g/mol. The molecule has 0 aliphatic heterocycles. The Labute approximate surface area is 146 Å². The maximum atomic E-state index is 12.1. The molecule has 122 valence electrons. The van der Waals surface area contributed by atoms with Gasteiger partial charge in [0.15, 0.2) is 0 Å². The Morgan fingerprint density at radius 1 is 1.13 bits per heavy atom. The van der Waals surface area contributed by atoms with Gasteiger partial charge in [0, 0.05) is 16.6 Å². The summed E-state index contributed by atoms with van der Waals surface area (Å²) in [5.41, 5.74) is 4.29. The van der Waals surface area contributed by atoms with E-state index in [1.54, 1.807) is 7.11 Å². The first-order valence-electron chi connectivity index (χ1n) is 7.69. The highest BCUT2D eigenvalue weighted by Gasteiger charge is 2.06. The molecule has 0 atom stereocenters. The van der Waals surface area contributed by atoms with E-state index in [2.05, 4.69) is 33.4 Å². The van der Waals surface area contributed by atoms with Gasteiger partial charge in [-0.25, -0.2) is 0 Å². The van der Waals surface area contributed by atoms with Gasteiger partial charge >= 0.3 is 0 Å². The summed E-state index contributed by atoms with van der Waals surface area (Å²) in [5.74, 6) is 0.956. The predicted molar refractivity (Wildman–Crippen MR) is 98.2 cm³/mol. The van der Waals surface area contributed by atoms with E-state index in [9.17, 15) is 4.79 Å². The molecule has 0 spiro atoms. The number of amides is 1. The first kappa shape index (κ1) is 17.5. The summed E-state index contributed by atoms with van der Waals surface area (Å²) in [5, 5.41) is 2.97. The number of methoxy groups -OCH3 is 1. The second-order valence-corrected chi connectivity index (χ2v) is 6.58. The zero-order valence-electron chi connectivity index (χ0n) is 13.8. The lowest BCUT2D eigenvalue weighted by molar-refractivity contribution is -0.116. The Bertz CT molecular complexity index is 698. The molecule has 0 saturated carbocycles. The van der Waals surface area contributed by atoms with E-state index in [1.165, 1.54) is 5.56 Å². The Morgan fingerprint density at radius 2 is 1.91 bits per heavy atom. The van der Waals surface area contributed by atoms with Crippen LogP contribution in [0.3, 0.4) is 0 Å². The Balaban J connectivity index is 1.84. The molecule has 1 amide bonds. The van der Waals surface area contributed by atoms with Crippen molar-refractivity contribution in [2.24, 2.45) is 0 Å². The largest absolute Gasteiger partial charge is 0.496 e. The van der Waals surface area contributed by atoms with Crippen LogP contribution in [0.4, 0.5) is 5.69 Å². The topological polar surface area (TPSA) is 38.3 Å². The van der Waals surface area contributed by atoms with Crippen LogP contribution in [-0.4, -0.2) is 13.0 Å². The van der Waals surface area contributed by atoms with E-state index in [1.807, 2.05) is 38.1 Å². The highest BCUT2D eigenvalue weighted by atomic mass is 79.9. The number of rotatable bonds is 6. The van der Waals surface area contributed by atoms with E-state index in [0.29, 0.717) is 6.42 Å². The van der Waals surface area contributed by atoms with E-state index in [0.717, 1.165) is 39.9 Å². The summed E-state index contributed by atoms with van der Waals surface area (Å²) in [4.78, 5) is 12.1. The standard InChI is InChI=1S/C19H22BrNO2/c1-13-12-16(20)8-9-17(13)21-19(22)6-4-5-15-7-10-18(23-3)14(2)11-15/h7-12H,4-6H2,1-3H3,(H,21,22). The van der Waals surface area contributed by atoms with Crippen molar-refractivity contribution in [2.45, 2.75) is 33.1 Å². The lowest BCUT2D eigenvalue weighted by atomic mass is 10.0. The molecule has 0 saturated heterocycles. The summed E-state index contributed by atoms with van der Waals surface area (Å²) in [6.45, 7) is 4.02. The van der Waals surface area contributed by atoms with Crippen molar-refractivity contribution in [3.63, 3.8) is 0 Å². The normalized spacial score (nSPS) is 10.4. The van der Waals surface area contributed by atoms with Gasteiger partial charge in [-0.3, -0.25) is 4.79 Å². The predicted octanol–water partition coefficient (Wildman–Crippen LogP) is 5.04. The number of carbonyl (C=O) groups excluding carboxylic acids is 1. The summed E-state index contributed by atoms with van der Waals surface area (Å²) in [7, 11) is 1.68. The molecular formula is C19H22BrNO2. The van der Waals surface area contributed by atoms with Crippen molar-refractivity contribution in [3.05, 3.63) is 57.6 Å². The minimum Gasteiger partial charge on any atom is -0.496 e. The smallest absolute Gasteiger partial charge is 0.224 e. The molecule has 0 aromatic heterocycles. The fourth-order valence-electron chi connectivity index (χ4n) is 2.53. The quantitative estimate of drug-likeness (QED) is 0.768. The number of halogens is 1. The fraction of sp³-hybridized carbons (Fsp3) is 0.316. The van der Waals surface area contributed by atoms with Crippen LogP contribution in [0.15, 0.2) is 40.9 Å². The molecule has 0 bridgehead atoms. The lowest BCUT2D eigenvalue weighted by Gasteiger charge is -2.09. The number of hydrogen-bond acceptors (Lipinski definition) is 2. The van der Waals surface area contributed by atoms with Crippen LogP contribution in [0.5, 0.6) is 5.75 Å². The third-order valence-corrected chi connectivity index (χ3v) is 4.28. The molecule has 0 radical (unpaired) electrons. The molecule has 0 fully saturated rings. The van der Waals surface area contributed by atoms with Crippen LogP contribution in [0, 0.1) is 13.8 Å². The van der Waals surface area contributed by atoms with Crippen LogP contribution < -0.4 is 10.1 Å². The molecular weight excluding hydrogens is 354 g/mol. The second kappa shape index (κ2) is 8.16. The van der Waals surface area contributed by atoms with Crippen molar-refractivity contribution < 1.29 is 9.53 Å². The number of ether oxygens (including phenoxy) is 1. The minimum absolute atomic E-state index is 0.0562. The zero-order chi connectivity index (χ0) is 16.8. The van der Waals surface area contributed by atoms with Gasteiger partial charge in [0.1, 0.15) is 5.75 Å². The number of benzene rings is 2. The molecule has 3 nitrogen and oxygen atoms in total. The molecule has 23 heavy (non-hydrogen) atoms. The summed E-state index contributed by atoms with van der Waals surface area (Å²) in [6, 6.07) is 12.0. The molecule has 0 unspecified atom stereocenters. The van der Waals surface area contributed by atoms with Crippen molar-refractivity contribution >= 4 is 27.5 Å². The van der Waals surface area contributed by atoms with Crippen molar-refractivity contribution in [1.29, 1.82) is 0 Å². The van der Waals surface area contributed by atoms with Crippen LogP contribution in [-0.2, 0) is 11.2 Å². The number of nitrogens with one attached hydrogen (secondary N) is 1. The average Bonchev–Trinajstić information content (AvgIpc) is 2.50. The summed E-state index contributed by atoms with van der Waals surface area (Å²) < 4.78 is 6.28. The van der Waals surface area contributed by atoms with E-state index in [-0.39, 0.29) is 5.91 Å². The van der Waals surface area contributed by atoms with Crippen LogP contribution in [0.25, 0.3) is 0 Å². The van der Waals surface area contributed by atoms with Crippen molar-refractivity contribution in [2.75, 3.05) is 12.4 Å². The van der Waals surface area contributed by atoms with E-state index in [4.69, 9.17) is 4.74 Å². The van der Waals surface area contributed by atoms with Gasteiger partial charge in [-0.15, -0.1) is 0 Å². The SMILES string of the molecule is COc1ccc(CCCC(=O)Nc2ccc(Br)cc2C)cc1C. The molecule has 2 rings (SSSR count). The zero-order valence-corrected chi connectivity index (χ0v) is 15.4. The number of hydrogen-bond donors (Lipinski definition) is 1. The third kappa shape index (κ3) is 5.10. The number of carbonyl (C=O) groups is 1. The fourth-order valence-corrected chi connectivity index (χ4v) is 3.00. The van der Waals surface area contributed by atoms with Crippen molar-refractivity contribution in [3.8, 4) is 5.75 Å². The molecule has 1 N–H and O–H groups in total. The number of aryl methyl sites for hydroxylation is 3. The van der Waals surface area contributed by atoms with Gasteiger partial charge in [0.25, 0.3) is 0 Å². The third-order valence-electron chi connectivity index (χ3n) is 3.79. The maximum absolute atomic E-state index is 12.1. The number of anilines is 1. The first-order valence-corrected chi connectivity index (χ1v) is 8.48. The van der Waals surface area contributed by atoms with Crippen molar-refractivity contribution in [1.82, 2.24) is 0 Å². The van der Waals surface area contributed by atoms with Gasteiger partial charge in [-0.05, 0) is 67.6 Å². The Morgan fingerprint density at radius 3 is 2.57 bits per heavy atom. The minimum atomic E-state index is 0.0562. The van der Waals surface area contributed by atoms with Crippen LogP contribution in [0.2, 0.25) is 0 Å². The van der Waals surface area contributed by atoms with Crippen LogP contribution in [0.1, 0.15) is 29.5 Å². The van der Waals surface area contributed by atoms with E-state index >= 15 is 0 Å². The summed E-state index contributed by atoms with van der Waals surface area (Å²) >= 11 is 3.42. The molecule has 4 heteroatoms. The second-order valence-electron chi connectivity index (χ2n) is 5.66. The molecule has 0 heterocycles. The van der Waals surface area contributed by atoms with Crippen LogP contribution >= 0.6 is 15.9 Å². The van der Waals surface area contributed by atoms with Gasteiger partial charge in [-0.1, -0.05) is 28.1 Å². The highest BCUT2D eigenvalue weighted by molar-refractivity contribution is 9.10. The molecule has 0 aliphatic carbocycles. The lowest BCUT2D eigenvalue weighted by Crippen LogP contribution is -2.12. The van der Waals surface area contributed by atoms with Gasteiger partial charge < -0.3 is 10.1 Å². The highest BCUT2D eigenvalue weighted by Crippen LogP contribution is 2.21. The van der Waals surface area contributed by atoms with Gasteiger partial charge in [-0.2, -0.15) is 0 Å². The van der Waals surface area contributed by atoms with Gasteiger partial charge in [0.05, 0.1) is 7.11 Å². The molecule has 2 aromatic rings. The van der Waals surface area contributed by atoms with Gasteiger partial charge in [0.2, 0.25) is 5.91 Å². The Hall–Kier alpha value is -1.81. The monoisotopic (exact) mass is 375 g/mol. The molecule has 0 aliphatic rings. The first-order chi connectivity index (χ1) is 11.0. The van der Waals surface area contributed by atoms with E-state index < -0.39 is 0 Å². The summed E-state index contributed by atoms with van der Waals surface area (Å²) in [6.07, 6.45) is 2.23. The molecule has 2 aromatic carbocycles. The maximum Gasteiger partial charge on any atom is 0.224 e. The Kier molecular flexibility index (Phi) is 6.22.